The van der Waals surface area contributed by atoms with Crippen LogP contribution in [0.2, 0.25) is 0 Å². The lowest BCUT2D eigenvalue weighted by Crippen LogP contribution is -2.44. The van der Waals surface area contributed by atoms with E-state index in [9.17, 15) is 0 Å². The van der Waals surface area contributed by atoms with Crippen molar-refractivity contribution in [2.75, 3.05) is 32.7 Å². The molecule has 1 aromatic heterocycles. The Morgan fingerprint density at radius 1 is 1.11 bits per heavy atom. The molecule has 1 aromatic carbocycles. The first-order valence-electron chi connectivity index (χ1n) is 6.81. The molecule has 2 heterocycles. The molecule has 0 unspecified atom stereocenters. The number of nitrogens with one attached hydrogen (secondary N) is 1. The van der Waals surface area contributed by atoms with Crippen molar-refractivity contribution in [3.05, 3.63) is 42.2 Å². The summed E-state index contributed by atoms with van der Waals surface area (Å²) in [7, 11) is 0. The zero-order chi connectivity index (χ0) is 12.9. The van der Waals surface area contributed by atoms with Gasteiger partial charge in [-0.1, -0.05) is 23.4 Å². The van der Waals surface area contributed by atoms with Crippen molar-refractivity contribution in [1.29, 1.82) is 0 Å². The van der Waals surface area contributed by atoms with Crippen LogP contribution in [0.5, 0.6) is 0 Å². The van der Waals surface area contributed by atoms with E-state index < -0.39 is 0 Å². The Kier molecular flexibility index (Phi) is 3.86. The second-order valence-electron chi connectivity index (χ2n) is 4.83. The summed E-state index contributed by atoms with van der Waals surface area (Å²) in [5.41, 5.74) is 2.12. The zero-order valence-electron chi connectivity index (χ0n) is 11.0. The molecule has 0 spiro atoms. The van der Waals surface area contributed by atoms with Crippen LogP contribution in [-0.4, -0.2) is 52.6 Å². The molecule has 5 heteroatoms. The summed E-state index contributed by atoms with van der Waals surface area (Å²) in [6.45, 7) is 5.52. The van der Waals surface area contributed by atoms with Gasteiger partial charge in [-0.25, -0.2) is 4.68 Å². The number of hydrogen-bond acceptors (Lipinski definition) is 4. The van der Waals surface area contributed by atoms with Gasteiger partial charge in [0.05, 0.1) is 17.6 Å². The number of para-hydroxylation sites is 1. The Morgan fingerprint density at radius 2 is 1.89 bits per heavy atom. The molecule has 0 atom stereocenters. The highest BCUT2D eigenvalue weighted by atomic mass is 15.4. The van der Waals surface area contributed by atoms with Gasteiger partial charge in [-0.3, -0.25) is 0 Å². The van der Waals surface area contributed by atoms with Crippen LogP contribution in [0.4, 0.5) is 0 Å². The first-order valence-corrected chi connectivity index (χ1v) is 6.81. The Bertz CT molecular complexity index is 502. The third-order valence-corrected chi connectivity index (χ3v) is 3.46. The predicted octanol–water partition coefficient (Wildman–Crippen LogP) is 0.715. The first kappa shape index (κ1) is 12.3. The Morgan fingerprint density at radius 3 is 2.68 bits per heavy atom. The number of nitrogens with zero attached hydrogens (tertiary/aromatic N) is 4. The van der Waals surface area contributed by atoms with Crippen molar-refractivity contribution < 1.29 is 0 Å². The summed E-state index contributed by atoms with van der Waals surface area (Å²) < 4.78 is 1.84. The second-order valence-corrected chi connectivity index (χ2v) is 4.83. The van der Waals surface area contributed by atoms with Crippen LogP contribution < -0.4 is 5.32 Å². The molecule has 0 amide bonds. The predicted molar refractivity (Wildman–Crippen MR) is 74.4 cm³/mol. The molecule has 1 saturated heterocycles. The van der Waals surface area contributed by atoms with Gasteiger partial charge >= 0.3 is 0 Å². The molecule has 1 fully saturated rings. The standard InChI is InChI=1S/C14H19N5/c1-2-4-14(5-3-1)19-12-13(16-17-19)6-9-18-10-7-15-8-11-18/h1-5,12,15H,6-11H2. The van der Waals surface area contributed by atoms with Gasteiger partial charge in [0.15, 0.2) is 0 Å². The Hall–Kier alpha value is -1.72. The van der Waals surface area contributed by atoms with Crippen LogP contribution in [0.15, 0.2) is 36.5 Å². The monoisotopic (exact) mass is 257 g/mol. The maximum absolute atomic E-state index is 4.25. The normalized spacial score (nSPS) is 16.6. The van der Waals surface area contributed by atoms with E-state index in [0.717, 1.165) is 50.5 Å². The van der Waals surface area contributed by atoms with Crippen molar-refractivity contribution in [3.8, 4) is 5.69 Å². The fraction of sp³-hybridized carbons (Fsp3) is 0.429. The van der Waals surface area contributed by atoms with Gasteiger partial charge in [-0.2, -0.15) is 0 Å². The van der Waals surface area contributed by atoms with Gasteiger partial charge in [-0.15, -0.1) is 5.10 Å². The molecule has 1 N–H and O–H groups in total. The van der Waals surface area contributed by atoms with E-state index in [1.165, 1.54) is 0 Å². The first-order chi connectivity index (χ1) is 9.42. The van der Waals surface area contributed by atoms with Gasteiger partial charge in [0.2, 0.25) is 0 Å². The Labute approximate surface area is 113 Å². The maximum Gasteiger partial charge on any atom is 0.0844 e. The maximum atomic E-state index is 4.25. The summed E-state index contributed by atoms with van der Waals surface area (Å²) in [6.07, 6.45) is 2.99. The largest absolute Gasteiger partial charge is 0.314 e. The summed E-state index contributed by atoms with van der Waals surface area (Å²) in [5.74, 6) is 0. The minimum Gasteiger partial charge on any atom is -0.314 e. The molecule has 100 valence electrons. The number of benzene rings is 1. The molecule has 0 aliphatic carbocycles. The van der Waals surface area contributed by atoms with Gasteiger partial charge < -0.3 is 10.2 Å². The Balaban J connectivity index is 1.59. The molecule has 3 rings (SSSR count). The van der Waals surface area contributed by atoms with Crippen LogP contribution in [0.25, 0.3) is 5.69 Å². The van der Waals surface area contributed by atoms with Crippen molar-refractivity contribution >= 4 is 0 Å². The number of piperazine rings is 1. The van der Waals surface area contributed by atoms with Gasteiger partial charge in [0.25, 0.3) is 0 Å². The van der Waals surface area contributed by atoms with E-state index in [0.29, 0.717) is 0 Å². The van der Waals surface area contributed by atoms with E-state index in [1.54, 1.807) is 0 Å². The quantitative estimate of drug-likeness (QED) is 0.876. The van der Waals surface area contributed by atoms with Crippen molar-refractivity contribution in [1.82, 2.24) is 25.2 Å². The summed E-state index contributed by atoms with van der Waals surface area (Å²) in [4.78, 5) is 2.47. The average Bonchev–Trinajstić information content (AvgIpc) is 2.96. The topological polar surface area (TPSA) is 46.0 Å². The molecule has 5 nitrogen and oxygen atoms in total. The molecular weight excluding hydrogens is 238 g/mol. The van der Waals surface area contributed by atoms with E-state index in [-0.39, 0.29) is 0 Å². The lowest BCUT2D eigenvalue weighted by molar-refractivity contribution is 0.243. The smallest absolute Gasteiger partial charge is 0.0844 e. The van der Waals surface area contributed by atoms with Crippen LogP contribution in [0.1, 0.15) is 5.69 Å². The molecular formula is C14H19N5. The highest BCUT2D eigenvalue weighted by Crippen LogP contribution is 2.06. The summed E-state index contributed by atoms with van der Waals surface area (Å²) in [5, 5.41) is 11.8. The van der Waals surface area contributed by atoms with Crippen LogP contribution in [0.3, 0.4) is 0 Å². The van der Waals surface area contributed by atoms with Crippen molar-refractivity contribution in [3.63, 3.8) is 0 Å². The van der Waals surface area contributed by atoms with Crippen molar-refractivity contribution in [2.24, 2.45) is 0 Å². The highest BCUT2D eigenvalue weighted by Gasteiger charge is 2.10. The molecule has 0 bridgehead atoms. The zero-order valence-corrected chi connectivity index (χ0v) is 11.0. The fourth-order valence-electron chi connectivity index (χ4n) is 2.33. The fourth-order valence-corrected chi connectivity index (χ4v) is 2.33. The van der Waals surface area contributed by atoms with Crippen LogP contribution in [0, 0.1) is 0 Å². The molecule has 1 aliphatic rings. The number of aromatic nitrogens is 3. The van der Waals surface area contributed by atoms with E-state index in [2.05, 4.69) is 20.5 Å². The molecule has 0 saturated carbocycles. The third-order valence-electron chi connectivity index (χ3n) is 3.46. The van der Waals surface area contributed by atoms with Crippen LogP contribution in [-0.2, 0) is 6.42 Å². The van der Waals surface area contributed by atoms with Gasteiger partial charge in [0.1, 0.15) is 0 Å². The van der Waals surface area contributed by atoms with Gasteiger partial charge in [-0.05, 0) is 12.1 Å². The summed E-state index contributed by atoms with van der Waals surface area (Å²) >= 11 is 0. The minimum absolute atomic E-state index is 0.965. The molecule has 0 radical (unpaired) electrons. The van der Waals surface area contributed by atoms with Crippen LogP contribution >= 0.6 is 0 Å². The second kappa shape index (κ2) is 5.95. The van der Waals surface area contributed by atoms with E-state index >= 15 is 0 Å². The van der Waals surface area contributed by atoms with Gasteiger partial charge in [0, 0.05) is 39.1 Å². The molecule has 2 aromatic rings. The molecule has 1 aliphatic heterocycles. The number of rotatable bonds is 4. The number of hydrogen-bond donors (Lipinski definition) is 1. The lowest BCUT2D eigenvalue weighted by Gasteiger charge is -2.26. The minimum atomic E-state index is 0.965. The lowest BCUT2D eigenvalue weighted by atomic mass is 10.2. The SMILES string of the molecule is c1ccc(-n2cc(CCN3CCNCC3)nn2)cc1. The third kappa shape index (κ3) is 3.19. The van der Waals surface area contributed by atoms with E-state index in [1.807, 2.05) is 41.2 Å². The van der Waals surface area contributed by atoms with E-state index in [4.69, 9.17) is 0 Å². The average molecular weight is 257 g/mol. The highest BCUT2D eigenvalue weighted by molar-refractivity contribution is 5.29. The van der Waals surface area contributed by atoms with Crippen molar-refractivity contribution in [2.45, 2.75) is 6.42 Å². The summed E-state index contributed by atoms with van der Waals surface area (Å²) in [6, 6.07) is 10.1. The molecule has 19 heavy (non-hydrogen) atoms.